The zero-order valence-corrected chi connectivity index (χ0v) is 13.5. The van der Waals surface area contributed by atoms with Gasteiger partial charge in [0.15, 0.2) is 0 Å². The van der Waals surface area contributed by atoms with Crippen molar-refractivity contribution < 1.29 is 14.3 Å². The average molecular weight is 311 g/mol. The summed E-state index contributed by atoms with van der Waals surface area (Å²) in [5, 5.41) is 6.55. The van der Waals surface area contributed by atoms with Gasteiger partial charge in [0.25, 0.3) is 5.91 Å². The normalized spacial score (nSPS) is 14.7. The molecular formula is C14H21N3O3S. The van der Waals surface area contributed by atoms with Crippen LogP contribution in [-0.2, 0) is 4.74 Å². The smallest absolute Gasteiger partial charge is 0.350 e. The van der Waals surface area contributed by atoms with Crippen LogP contribution in [0.4, 0.5) is 10.7 Å². The molecule has 1 aliphatic carbocycles. The van der Waals surface area contributed by atoms with E-state index in [2.05, 4.69) is 24.5 Å². The van der Waals surface area contributed by atoms with E-state index in [0.717, 1.165) is 11.3 Å². The lowest BCUT2D eigenvalue weighted by atomic mass is 9.99. The number of anilines is 2. The highest BCUT2D eigenvalue weighted by Crippen LogP contribution is 2.44. The van der Waals surface area contributed by atoms with Gasteiger partial charge in [0.2, 0.25) is 0 Å². The number of carbonyl (C=O) groups is 2. The third kappa shape index (κ3) is 2.97. The van der Waals surface area contributed by atoms with Crippen molar-refractivity contribution >= 4 is 33.9 Å². The molecule has 0 unspecified atom stereocenters. The lowest BCUT2D eigenvalue weighted by molar-refractivity contribution is 0.0607. The van der Waals surface area contributed by atoms with Crippen molar-refractivity contribution in [3.05, 3.63) is 10.4 Å². The molecule has 2 rings (SSSR count). The molecule has 4 N–H and O–H groups in total. The summed E-state index contributed by atoms with van der Waals surface area (Å²) in [6.45, 7) is 4.18. The molecule has 1 aromatic heterocycles. The van der Waals surface area contributed by atoms with Gasteiger partial charge in [0, 0.05) is 12.6 Å². The van der Waals surface area contributed by atoms with E-state index in [0.29, 0.717) is 16.5 Å². The van der Waals surface area contributed by atoms with E-state index in [1.165, 1.54) is 27.0 Å². The minimum absolute atomic E-state index is 0.145. The first-order valence-electron chi connectivity index (χ1n) is 6.82. The molecule has 0 aliphatic heterocycles. The number of rotatable bonds is 5. The van der Waals surface area contributed by atoms with Gasteiger partial charge in [0.1, 0.15) is 9.88 Å². The van der Waals surface area contributed by atoms with Crippen LogP contribution in [-0.4, -0.2) is 31.6 Å². The molecular weight excluding hydrogens is 290 g/mol. The summed E-state index contributed by atoms with van der Waals surface area (Å²) in [6, 6.07) is 0. The number of carbonyl (C=O) groups excluding carboxylic acids is 2. The van der Waals surface area contributed by atoms with Crippen LogP contribution in [0.15, 0.2) is 0 Å². The molecule has 1 aromatic rings. The van der Waals surface area contributed by atoms with Gasteiger partial charge in [-0.2, -0.15) is 0 Å². The van der Waals surface area contributed by atoms with Crippen molar-refractivity contribution in [1.29, 1.82) is 0 Å². The standard InChI is InChI=1S/C14H21N3O3S/c1-14(2,7-5-6-7)17-12-8(11(18)16-3)9(15)10(21-12)13(19)20-4/h7,17H,5-6,15H2,1-4H3,(H,16,18). The number of thiophene rings is 1. The summed E-state index contributed by atoms with van der Waals surface area (Å²) in [4.78, 5) is 24.1. The number of ether oxygens (including phenoxy) is 1. The largest absolute Gasteiger partial charge is 0.465 e. The van der Waals surface area contributed by atoms with Gasteiger partial charge < -0.3 is 21.1 Å². The molecule has 0 spiro atoms. The number of hydrogen-bond acceptors (Lipinski definition) is 6. The lowest BCUT2D eigenvalue weighted by Crippen LogP contribution is -2.34. The Morgan fingerprint density at radius 3 is 2.48 bits per heavy atom. The van der Waals surface area contributed by atoms with Crippen LogP contribution in [0.2, 0.25) is 0 Å². The highest BCUT2D eigenvalue weighted by molar-refractivity contribution is 7.19. The van der Waals surface area contributed by atoms with E-state index in [9.17, 15) is 9.59 Å². The zero-order valence-electron chi connectivity index (χ0n) is 12.7. The van der Waals surface area contributed by atoms with Crippen LogP contribution in [0.5, 0.6) is 0 Å². The lowest BCUT2D eigenvalue weighted by Gasteiger charge is -2.27. The second-order valence-corrected chi connectivity index (χ2v) is 6.76. The molecule has 1 amide bonds. The Morgan fingerprint density at radius 1 is 1.38 bits per heavy atom. The molecule has 1 saturated carbocycles. The van der Waals surface area contributed by atoms with Gasteiger partial charge >= 0.3 is 5.97 Å². The molecule has 0 bridgehead atoms. The third-order valence-electron chi connectivity index (χ3n) is 3.80. The first-order valence-corrected chi connectivity index (χ1v) is 7.64. The Bertz CT molecular complexity index is 576. The average Bonchev–Trinajstić information content (AvgIpc) is 3.24. The van der Waals surface area contributed by atoms with Crippen molar-refractivity contribution in [3.8, 4) is 0 Å². The molecule has 0 radical (unpaired) electrons. The summed E-state index contributed by atoms with van der Waals surface area (Å²) in [5.41, 5.74) is 6.31. The number of amides is 1. The van der Waals surface area contributed by atoms with E-state index in [-0.39, 0.29) is 22.0 Å². The van der Waals surface area contributed by atoms with Crippen molar-refractivity contribution in [2.24, 2.45) is 5.92 Å². The molecule has 7 heteroatoms. The minimum atomic E-state index is -0.528. The van der Waals surface area contributed by atoms with E-state index >= 15 is 0 Å². The van der Waals surface area contributed by atoms with Crippen LogP contribution < -0.4 is 16.4 Å². The van der Waals surface area contributed by atoms with Crippen LogP contribution in [0.1, 0.15) is 46.7 Å². The minimum Gasteiger partial charge on any atom is -0.465 e. The highest BCUT2D eigenvalue weighted by atomic mass is 32.1. The van der Waals surface area contributed by atoms with Gasteiger partial charge in [-0.15, -0.1) is 11.3 Å². The van der Waals surface area contributed by atoms with Crippen LogP contribution >= 0.6 is 11.3 Å². The predicted octanol–water partition coefficient (Wildman–Crippen LogP) is 2.08. The van der Waals surface area contributed by atoms with Crippen LogP contribution in [0.3, 0.4) is 0 Å². The maximum atomic E-state index is 12.1. The molecule has 116 valence electrons. The Morgan fingerprint density at radius 2 is 2.00 bits per heavy atom. The van der Waals surface area contributed by atoms with Crippen LogP contribution in [0.25, 0.3) is 0 Å². The fraction of sp³-hybridized carbons (Fsp3) is 0.571. The number of esters is 1. The molecule has 21 heavy (non-hydrogen) atoms. The quantitative estimate of drug-likeness (QED) is 0.724. The summed E-state index contributed by atoms with van der Waals surface area (Å²) in [6.07, 6.45) is 2.33. The molecule has 0 atom stereocenters. The maximum absolute atomic E-state index is 12.1. The number of nitrogens with two attached hydrogens (primary N) is 1. The van der Waals surface area contributed by atoms with Crippen molar-refractivity contribution in [3.63, 3.8) is 0 Å². The molecule has 0 saturated heterocycles. The van der Waals surface area contributed by atoms with E-state index in [1.54, 1.807) is 0 Å². The maximum Gasteiger partial charge on any atom is 0.350 e. The zero-order chi connectivity index (χ0) is 15.8. The second-order valence-electron chi connectivity index (χ2n) is 5.74. The fourth-order valence-corrected chi connectivity index (χ4v) is 3.53. The monoisotopic (exact) mass is 311 g/mol. The summed E-state index contributed by atoms with van der Waals surface area (Å²) >= 11 is 1.16. The topological polar surface area (TPSA) is 93.5 Å². The Kier molecular flexibility index (Phi) is 4.13. The van der Waals surface area contributed by atoms with Crippen molar-refractivity contribution in [2.45, 2.75) is 32.2 Å². The summed E-state index contributed by atoms with van der Waals surface area (Å²) in [5.74, 6) is -0.270. The Balaban J connectivity index is 2.42. The number of nitrogens with one attached hydrogen (secondary N) is 2. The highest BCUT2D eigenvalue weighted by Gasteiger charge is 2.39. The number of nitrogen functional groups attached to an aromatic ring is 1. The first-order chi connectivity index (χ1) is 9.81. The third-order valence-corrected chi connectivity index (χ3v) is 4.90. The van der Waals surface area contributed by atoms with E-state index in [1.807, 2.05) is 0 Å². The van der Waals surface area contributed by atoms with Crippen LogP contribution in [0, 0.1) is 5.92 Å². The summed E-state index contributed by atoms with van der Waals surface area (Å²) in [7, 11) is 2.83. The van der Waals surface area contributed by atoms with Gasteiger partial charge in [0.05, 0.1) is 18.4 Å². The summed E-state index contributed by atoms with van der Waals surface area (Å²) < 4.78 is 4.72. The van der Waals surface area contributed by atoms with Crippen molar-refractivity contribution in [2.75, 3.05) is 25.2 Å². The van der Waals surface area contributed by atoms with E-state index < -0.39 is 5.97 Å². The molecule has 0 aromatic carbocycles. The predicted molar refractivity (Wildman–Crippen MR) is 83.9 cm³/mol. The van der Waals surface area contributed by atoms with E-state index in [4.69, 9.17) is 10.5 Å². The molecule has 6 nitrogen and oxygen atoms in total. The van der Waals surface area contributed by atoms with Gasteiger partial charge in [-0.25, -0.2) is 4.79 Å². The van der Waals surface area contributed by atoms with Crippen molar-refractivity contribution in [1.82, 2.24) is 5.32 Å². The molecule has 1 aliphatic rings. The number of hydrogen-bond donors (Lipinski definition) is 3. The Hall–Kier alpha value is -1.76. The number of methoxy groups -OCH3 is 1. The van der Waals surface area contributed by atoms with Gasteiger partial charge in [-0.05, 0) is 32.6 Å². The van der Waals surface area contributed by atoms with Gasteiger partial charge in [-0.3, -0.25) is 4.79 Å². The molecule has 1 fully saturated rings. The first kappa shape index (κ1) is 15.6. The SMILES string of the molecule is CNC(=O)c1c(NC(C)(C)C2CC2)sc(C(=O)OC)c1N. The van der Waals surface area contributed by atoms with Gasteiger partial charge in [-0.1, -0.05) is 0 Å². The molecule has 1 heterocycles. The Labute approximate surface area is 128 Å². The fourth-order valence-electron chi connectivity index (χ4n) is 2.33. The second kappa shape index (κ2) is 5.55.